The Hall–Kier alpha value is -2.34. The Labute approximate surface area is 159 Å². The molecule has 1 amide bonds. The minimum atomic E-state index is -0.0656. The second kappa shape index (κ2) is 9.97. The zero-order valence-corrected chi connectivity index (χ0v) is 16.4. The Balaban J connectivity index is 1.88. The standard InChI is InChI=1S/C20H25NO4S/c1-5-25-16-8-6-15(7-9-16)14(2)21-20(22)13-26-17-10-11-18(23-3)19(12-17)24-4/h6-12,14H,5,13H2,1-4H3,(H,21,22)/t14-/m0/s1. The largest absolute Gasteiger partial charge is 0.494 e. The van der Waals surface area contributed by atoms with Crippen molar-refractivity contribution >= 4 is 17.7 Å². The molecule has 0 aliphatic rings. The van der Waals surface area contributed by atoms with Crippen molar-refractivity contribution < 1.29 is 19.0 Å². The fraction of sp³-hybridized carbons (Fsp3) is 0.350. The maximum atomic E-state index is 12.2. The van der Waals surface area contributed by atoms with Gasteiger partial charge in [0, 0.05) is 4.90 Å². The van der Waals surface area contributed by atoms with Crippen molar-refractivity contribution in [3.63, 3.8) is 0 Å². The first-order chi connectivity index (χ1) is 12.6. The summed E-state index contributed by atoms with van der Waals surface area (Å²) < 4.78 is 15.9. The van der Waals surface area contributed by atoms with Crippen molar-refractivity contribution in [1.29, 1.82) is 0 Å². The maximum Gasteiger partial charge on any atom is 0.230 e. The van der Waals surface area contributed by atoms with Gasteiger partial charge in [-0.3, -0.25) is 4.79 Å². The van der Waals surface area contributed by atoms with Gasteiger partial charge in [-0.25, -0.2) is 0 Å². The van der Waals surface area contributed by atoms with E-state index in [1.807, 2.05) is 56.3 Å². The minimum Gasteiger partial charge on any atom is -0.494 e. The van der Waals surface area contributed by atoms with Crippen molar-refractivity contribution in [2.75, 3.05) is 26.6 Å². The molecule has 1 N–H and O–H groups in total. The maximum absolute atomic E-state index is 12.2. The predicted octanol–water partition coefficient (Wildman–Crippen LogP) is 4.07. The van der Waals surface area contributed by atoms with Gasteiger partial charge in [-0.15, -0.1) is 11.8 Å². The van der Waals surface area contributed by atoms with Gasteiger partial charge in [0.25, 0.3) is 0 Å². The van der Waals surface area contributed by atoms with Crippen LogP contribution in [0.3, 0.4) is 0 Å². The molecule has 0 fully saturated rings. The van der Waals surface area contributed by atoms with Gasteiger partial charge in [-0.1, -0.05) is 12.1 Å². The molecule has 0 aliphatic heterocycles. The van der Waals surface area contributed by atoms with E-state index in [0.717, 1.165) is 16.2 Å². The van der Waals surface area contributed by atoms with Crippen LogP contribution in [0.25, 0.3) is 0 Å². The second-order valence-corrected chi connectivity index (χ2v) is 6.65. The van der Waals surface area contributed by atoms with Crippen LogP contribution in [-0.2, 0) is 4.79 Å². The molecule has 2 aromatic rings. The Morgan fingerprint density at radius 3 is 2.38 bits per heavy atom. The zero-order chi connectivity index (χ0) is 18.9. The number of nitrogens with one attached hydrogen (secondary N) is 1. The lowest BCUT2D eigenvalue weighted by molar-refractivity contribution is -0.119. The first-order valence-corrected chi connectivity index (χ1v) is 9.42. The fourth-order valence-electron chi connectivity index (χ4n) is 2.44. The quantitative estimate of drug-likeness (QED) is 0.670. The van der Waals surface area contributed by atoms with Crippen LogP contribution in [0.1, 0.15) is 25.5 Å². The highest BCUT2D eigenvalue weighted by Gasteiger charge is 2.11. The normalized spacial score (nSPS) is 11.5. The molecule has 140 valence electrons. The van der Waals surface area contributed by atoms with Crippen LogP contribution in [0.15, 0.2) is 47.4 Å². The summed E-state index contributed by atoms with van der Waals surface area (Å²) in [6.45, 7) is 4.56. The highest BCUT2D eigenvalue weighted by molar-refractivity contribution is 8.00. The van der Waals surface area contributed by atoms with Gasteiger partial charge in [-0.2, -0.15) is 0 Å². The molecule has 0 unspecified atom stereocenters. The third-order valence-corrected chi connectivity index (χ3v) is 4.79. The first kappa shape index (κ1) is 20.0. The van der Waals surface area contributed by atoms with Crippen LogP contribution in [0.2, 0.25) is 0 Å². The van der Waals surface area contributed by atoms with Crippen LogP contribution < -0.4 is 19.5 Å². The molecule has 26 heavy (non-hydrogen) atoms. The topological polar surface area (TPSA) is 56.8 Å². The lowest BCUT2D eigenvalue weighted by atomic mass is 10.1. The highest BCUT2D eigenvalue weighted by atomic mass is 32.2. The van der Waals surface area contributed by atoms with E-state index in [4.69, 9.17) is 14.2 Å². The lowest BCUT2D eigenvalue weighted by Gasteiger charge is -2.15. The fourth-order valence-corrected chi connectivity index (χ4v) is 3.18. The van der Waals surface area contributed by atoms with E-state index in [1.54, 1.807) is 14.2 Å². The Morgan fingerprint density at radius 1 is 1.08 bits per heavy atom. The molecule has 0 heterocycles. The molecule has 5 nitrogen and oxygen atoms in total. The van der Waals surface area contributed by atoms with Crippen molar-refractivity contribution in [3.05, 3.63) is 48.0 Å². The number of ether oxygens (including phenoxy) is 3. The molecule has 1 atom stereocenters. The van der Waals surface area contributed by atoms with Crippen LogP contribution in [0, 0.1) is 0 Å². The van der Waals surface area contributed by atoms with Gasteiger partial charge in [0.15, 0.2) is 11.5 Å². The summed E-state index contributed by atoms with van der Waals surface area (Å²) >= 11 is 1.46. The number of carbonyl (C=O) groups is 1. The van der Waals surface area contributed by atoms with Crippen molar-refractivity contribution in [3.8, 4) is 17.2 Å². The summed E-state index contributed by atoms with van der Waals surface area (Å²) in [5.74, 6) is 2.47. The van der Waals surface area contributed by atoms with Gasteiger partial charge in [0.1, 0.15) is 5.75 Å². The monoisotopic (exact) mass is 375 g/mol. The number of hydrogen-bond donors (Lipinski definition) is 1. The summed E-state index contributed by atoms with van der Waals surface area (Å²) in [4.78, 5) is 13.2. The molecule has 0 aliphatic carbocycles. The molecule has 2 aromatic carbocycles. The van der Waals surface area contributed by atoms with E-state index in [1.165, 1.54) is 11.8 Å². The third kappa shape index (κ3) is 5.59. The first-order valence-electron chi connectivity index (χ1n) is 8.44. The molecular formula is C20H25NO4S. The number of carbonyl (C=O) groups excluding carboxylic acids is 1. The Kier molecular flexibility index (Phi) is 7.66. The number of thioether (sulfide) groups is 1. The molecule has 0 spiro atoms. The van der Waals surface area contributed by atoms with Crippen LogP contribution in [0.5, 0.6) is 17.2 Å². The lowest BCUT2D eigenvalue weighted by Crippen LogP contribution is -2.28. The van der Waals surface area contributed by atoms with Gasteiger partial charge in [0.2, 0.25) is 5.91 Å². The summed E-state index contributed by atoms with van der Waals surface area (Å²) in [5, 5.41) is 3.01. The van der Waals surface area contributed by atoms with Crippen molar-refractivity contribution in [2.45, 2.75) is 24.8 Å². The van der Waals surface area contributed by atoms with Gasteiger partial charge < -0.3 is 19.5 Å². The summed E-state index contributed by atoms with van der Waals surface area (Å²) in [7, 11) is 3.19. The van der Waals surface area contributed by atoms with E-state index in [9.17, 15) is 4.79 Å². The zero-order valence-electron chi connectivity index (χ0n) is 15.6. The van der Waals surface area contributed by atoms with Crippen LogP contribution in [0.4, 0.5) is 0 Å². The van der Waals surface area contributed by atoms with Gasteiger partial charge >= 0.3 is 0 Å². The minimum absolute atomic E-state index is 0.0221. The third-order valence-electron chi connectivity index (χ3n) is 3.79. The average molecular weight is 375 g/mol. The summed E-state index contributed by atoms with van der Waals surface area (Å²) in [6, 6.07) is 13.3. The second-order valence-electron chi connectivity index (χ2n) is 5.60. The van der Waals surface area contributed by atoms with Crippen LogP contribution >= 0.6 is 11.8 Å². The SMILES string of the molecule is CCOc1ccc([C@H](C)NC(=O)CSc2ccc(OC)c(OC)c2)cc1. The van der Waals surface area contributed by atoms with E-state index < -0.39 is 0 Å². The molecular weight excluding hydrogens is 350 g/mol. The van der Waals surface area contributed by atoms with Gasteiger partial charge in [-0.05, 0) is 49.7 Å². The van der Waals surface area contributed by atoms with Crippen LogP contribution in [-0.4, -0.2) is 32.5 Å². The van der Waals surface area contributed by atoms with Gasteiger partial charge in [0.05, 0.1) is 32.6 Å². The van der Waals surface area contributed by atoms with E-state index >= 15 is 0 Å². The van der Waals surface area contributed by atoms with Crippen molar-refractivity contribution in [2.24, 2.45) is 0 Å². The Bertz CT molecular complexity index is 718. The number of rotatable bonds is 9. The van der Waals surface area contributed by atoms with E-state index in [-0.39, 0.29) is 11.9 Å². The summed E-state index contributed by atoms with van der Waals surface area (Å²) in [6.07, 6.45) is 0. The van der Waals surface area contributed by atoms with Crippen molar-refractivity contribution in [1.82, 2.24) is 5.32 Å². The molecule has 6 heteroatoms. The molecule has 0 saturated carbocycles. The number of methoxy groups -OCH3 is 2. The van der Waals surface area contributed by atoms with E-state index in [2.05, 4.69) is 5.32 Å². The molecule has 0 aromatic heterocycles. The predicted molar refractivity (Wildman–Crippen MR) is 104 cm³/mol. The molecule has 2 rings (SSSR count). The highest BCUT2D eigenvalue weighted by Crippen LogP contribution is 2.31. The number of benzene rings is 2. The summed E-state index contributed by atoms with van der Waals surface area (Å²) in [5.41, 5.74) is 1.04. The molecule has 0 radical (unpaired) electrons. The number of amides is 1. The number of hydrogen-bond acceptors (Lipinski definition) is 5. The smallest absolute Gasteiger partial charge is 0.230 e. The average Bonchev–Trinajstić information content (AvgIpc) is 2.66. The molecule has 0 bridgehead atoms. The Morgan fingerprint density at radius 2 is 1.77 bits per heavy atom. The molecule has 0 saturated heterocycles. The van der Waals surface area contributed by atoms with E-state index in [0.29, 0.717) is 23.9 Å².